The van der Waals surface area contributed by atoms with Gasteiger partial charge in [-0.3, -0.25) is 4.79 Å². The third-order valence-electron chi connectivity index (χ3n) is 3.81. The predicted octanol–water partition coefficient (Wildman–Crippen LogP) is 2.94. The monoisotopic (exact) mass is 297 g/mol. The summed E-state index contributed by atoms with van der Waals surface area (Å²) in [5.41, 5.74) is 6.58. The van der Waals surface area contributed by atoms with Crippen LogP contribution in [0.2, 0.25) is 0 Å². The number of benzene rings is 1. The van der Waals surface area contributed by atoms with E-state index in [1.807, 2.05) is 30.3 Å². The van der Waals surface area contributed by atoms with Gasteiger partial charge in [-0.1, -0.05) is 12.1 Å². The van der Waals surface area contributed by atoms with Crippen molar-refractivity contribution in [3.8, 4) is 11.6 Å². The van der Waals surface area contributed by atoms with Crippen LogP contribution >= 0.6 is 0 Å². The quantitative estimate of drug-likeness (QED) is 0.909. The first kappa shape index (κ1) is 14.5. The van der Waals surface area contributed by atoms with Crippen molar-refractivity contribution in [1.82, 2.24) is 4.98 Å². The highest BCUT2D eigenvalue weighted by molar-refractivity contribution is 5.92. The first-order valence-corrected chi connectivity index (χ1v) is 7.46. The number of nitrogens with one attached hydrogen (secondary N) is 1. The molecule has 1 saturated carbocycles. The van der Waals surface area contributed by atoms with E-state index in [1.165, 1.54) is 0 Å². The van der Waals surface area contributed by atoms with Gasteiger partial charge in [-0.15, -0.1) is 0 Å². The summed E-state index contributed by atoms with van der Waals surface area (Å²) in [6.07, 6.45) is 4.21. The van der Waals surface area contributed by atoms with Gasteiger partial charge in [0.25, 0.3) is 0 Å². The highest BCUT2D eigenvalue weighted by Crippen LogP contribution is 2.27. The number of pyridine rings is 1. The van der Waals surface area contributed by atoms with Gasteiger partial charge in [0.05, 0.1) is 0 Å². The molecule has 1 aliphatic carbocycles. The lowest BCUT2D eigenvalue weighted by atomic mass is 10.1. The average molecular weight is 297 g/mol. The molecule has 3 rings (SSSR count). The molecule has 5 nitrogen and oxygen atoms in total. The van der Waals surface area contributed by atoms with E-state index in [9.17, 15) is 4.79 Å². The second kappa shape index (κ2) is 6.58. The summed E-state index contributed by atoms with van der Waals surface area (Å²) in [6.45, 7) is 0. The zero-order valence-electron chi connectivity index (χ0n) is 12.2. The Kier molecular flexibility index (Phi) is 4.34. The first-order valence-electron chi connectivity index (χ1n) is 7.46. The fourth-order valence-electron chi connectivity index (χ4n) is 2.66. The average Bonchev–Trinajstić information content (AvgIpc) is 2.95. The third kappa shape index (κ3) is 3.62. The Morgan fingerprint density at radius 1 is 1.23 bits per heavy atom. The van der Waals surface area contributed by atoms with Gasteiger partial charge in [0, 0.05) is 36.0 Å². The van der Waals surface area contributed by atoms with Gasteiger partial charge >= 0.3 is 0 Å². The standard InChI is InChI=1S/C17H19N3O2/c18-13-8-7-12(10-13)17(21)20-14-4-3-5-15(11-14)22-16-6-1-2-9-19-16/h1-6,9,11-13H,7-8,10,18H2,(H,20,21). The largest absolute Gasteiger partial charge is 0.439 e. The second-order valence-electron chi connectivity index (χ2n) is 5.56. The molecule has 1 aromatic carbocycles. The zero-order chi connectivity index (χ0) is 15.4. The Morgan fingerprint density at radius 2 is 2.14 bits per heavy atom. The molecule has 2 aromatic rings. The van der Waals surface area contributed by atoms with Crippen molar-refractivity contribution in [2.45, 2.75) is 25.3 Å². The maximum absolute atomic E-state index is 12.2. The molecule has 22 heavy (non-hydrogen) atoms. The van der Waals surface area contributed by atoms with Crippen LogP contribution in [-0.2, 0) is 4.79 Å². The van der Waals surface area contributed by atoms with Crippen LogP contribution in [0.25, 0.3) is 0 Å². The van der Waals surface area contributed by atoms with E-state index in [4.69, 9.17) is 10.5 Å². The van der Waals surface area contributed by atoms with Gasteiger partial charge in [-0.2, -0.15) is 0 Å². The zero-order valence-corrected chi connectivity index (χ0v) is 12.2. The molecule has 1 amide bonds. The Morgan fingerprint density at radius 3 is 2.86 bits per heavy atom. The number of anilines is 1. The first-order chi connectivity index (χ1) is 10.7. The Hall–Kier alpha value is -2.40. The minimum Gasteiger partial charge on any atom is -0.439 e. The van der Waals surface area contributed by atoms with E-state index >= 15 is 0 Å². The number of carbonyl (C=O) groups excluding carboxylic acids is 1. The fraction of sp³-hybridized carbons (Fsp3) is 0.294. The molecule has 1 fully saturated rings. The molecule has 0 saturated heterocycles. The van der Waals surface area contributed by atoms with Crippen molar-refractivity contribution in [3.05, 3.63) is 48.7 Å². The van der Waals surface area contributed by atoms with E-state index < -0.39 is 0 Å². The minimum absolute atomic E-state index is 0.00960. The summed E-state index contributed by atoms with van der Waals surface area (Å²) in [5, 5.41) is 2.94. The maximum Gasteiger partial charge on any atom is 0.227 e. The summed E-state index contributed by atoms with van der Waals surface area (Å²) < 4.78 is 5.66. The number of ether oxygens (including phenoxy) is 1. The number of hydrogen-bond acceptors (Lipinski definition) is 4. The van der Waals surface area contributed by atoms with Crippen molar-refractivity contribution < 1.29 is 9.53 Å². The van der Waals surface area contributed by atoms with Gasteiger partial charge in [0.1, 0.15) is 5.75 Å². The third-order valence-corrected chi connectivity index (χ3v) is 3.81. The lowest BCUT2D eigenvalue weighted by molar-refractivity contribution is -0.119. The molecule has 1 heterocycles. The second-order valence-corrected chi connectivity index (χ2v) is 5.56. The number of amides is 1. The molecule has 0 bridgehead atoms. The predicted molar refractivity (Wildman–Crippen MR) is 84.7 cm³/mol. The lowest BCUT2D eigenvalue weighted by Crippen LogP contribution is -2.23. The molecule has 1 aromatic heterocycles. The maximum atomic E-state index is 12.2. The highest BCUT2D eigenvalue weighted by atomic mass is 16.5. The van der Waals surface area contributed by atoms with E-state index in [2.05, 4.69) is 10.3 Å². The molecule has 1 aliphatic rings. The van der Waals surface area contributed by atoms with Crippen molar-refractivity contribution >= 4 is 11.6 Å². The van der Waals surface area contributed by atoms with E-state index in [0.29, 0.717) is 11.6 Å². The molecular formula is C17H19N3O2. The Balaban J connectivity index is 1.65. The summed E-state index contributed by atoms with van der Waals surface area (Å²) in [6, 6.07) is 12.9. The summed E-state index contributed by atoms with van der Waals surface area (Å²) in [5.74, 6) is 1.20. The summed E-state index contributed by atoms with van der Waals surface area (Å²) >= 11 is 0. The minimum atomic E-state index is 0.00960. The number of hydrogen-bond donors (Lipinski definition) is 2. The molecule has 0 spiro atoms. The molecule has 0 aliphatic heterocycles. The van der Waals surface area contributed by atoms with Crippen molar-refractivity contribution in [2.24, 2.45) is 11.7 Å². The van der Waals surface area contributed by atoms with Crippen LogP contribution in [0.15, 0.2) is 48.7 Å². The van der Waals surface area contributed by atoms with Crippen LogP contribution < -0.4 is 15.8 Å². The number of nitrogens with two attached hydrogens (primary N) is 1. The van der Waals surface area contributed by atoms with Gasteiger partial charge in [0.15, 0.2) is 0 Å². The van der Waals surface area contributed by atoms with E-state index in [0.717, 1.165) is 24.9 Å². The Bertz CT molecular complexity index is 645. The van der Waals surface area contributed by atoms with Crippen LogP contribution in [-0.4, -0.2) is 16.9 Å². The van der Waals surface area contributed by atoms with E-state index in [-0.39, 0.29) is 17.9 Å². The molecule has 3 N–H and O–H groups in total. The normalized spacial score (nSPS) is 20.6. The lowest BCUT2D eigenvalue weighted by Gasteiger charge is -2.12. The number of aromatic nitrogens is 1. The van der Waals surface area contributed by atoms with Crippen LogP contribution in [0.1, 0.15) is 19.3 Å². The summed E-state index contributed by atoms with van der Waals surface area (Å²) in [7, 11) is 0. The van der Waals surface area contributed by atoms with Gasteiger partial charge in [0.2, 0.25) is 11.8 Å². The van der Waals surface area contributed by atoms with Crippen LogP contribution in [0, 0.1) is 5.92 Å². The van der Waals surface area contributed by atoms with Gasteiger partial charge in [-0.05, 0) is 37.5 Å². The van der Waals surface area contributed by atoms with Crippen molar-refractivity contribution in [2.75, 3.05) is 5.32 Å². The topological polar surface area (TPSA) is 77.2 Å². The Labute approximate surface area is 129 Å². The highest BCUT2D eigenvalue weighted by Gasteiger charge is 2.27. The van der Waals surface area contributed by atoms with Gasteiger partial charge in [-0.25, -0.2) is 4.98 Å². The number of nitrogens with zero attached hydrogens (tertiary/aromatic N) is 1. The summed E-state index contributed by atoms with van der Waals surface area (Å²) in [4.78, 5) is 16.3. The SMILES string of the molecule is NC1CCC(C(=O)Nc2cccc(Oc3ccccn3)c2)C1. The van der Waals surface area contributed by atoms with Crippen molar-refractivity contribution in [1.29, 1.82) is 0 Å². The van der Waals surface area contributed by atoms with Crippen LogP contribution in [0.4, 0.5) is 5.69 Å². The van der Waals surface area contributed by atoms with Crippen LogP contribution in [0.5, 0.6) is 11.6 Å². The number of carbonyl (C=O) groups is 1. The van der Waals surface area contributed by atoms with E-state index in [1.54, 1.807) is 18.3 Å². The smallest absolute Gasteiger partial charge is 0.227 e. The molecule has 2 unspecified atom stereocenters. The molecule has 0 radical (unpaired) electrons. The molecule has 5 heteroatoms. The van der Waals surface area contributed by atoms with Crippen molar-refractivity contribution in [3.63, 3.8) is 0 Å². The van der Waals surface area contributed by atoms with Gasteiger partial charge < -0.3 is 15.8 Å². The molecular weight excluding hydrogens is 278 g/mol. The van der Waals surface area contributed by atoms with Crippen LogP contribution in [0.3, 0.4) is 0 Å². The fourth-order valence-corrected chi connectivity index (χ4v) is 2.66. The number of rotatable bonds is 4. The molecule has 114 valence electrons. The molecule has 2 atom stereocenters.